The monoisotopic (exact) mass is 256 g/mol. The van der Waals surface area contributed by atoms with Crippen LogP contribution in [0.4, 0.5) is 0 Å². The van der Waals surface area contributed by atoms with Gasteiger partial charge in [0, 0.05) is 19.6 Å². The smallest absolute Gasteiger partial charge is 0.238 e. The number of nitrogens with zero attached hydrogens (tertiary/aromatic N) is 1. The summed E-state index contributed by atoms with van der Waals surface area (Å²) in [6.07, 6.45) is 6.01. The molecule has 0 aromatic heterocycles. The van der Waals surface area contributed by atoms with E-state index in [2.05, 4.69) is 12.2 Å². The van der Waals surface area contributed by atoms with Crippen LogP contribution in [0, 0.1) is 0 Å². The van der Waals surface area contributed by atoms with Crippen LogP contribution in [-0.2, 0) is 4.79 Å². The minimum atomic E-state index is -0.149. The van der Waals surface area contributed by atoms with Crippen molar-refractivity contribution >= 4 is 17.7 Å². The first-order valence-electron chi connectivity index (χ1n) is 6.75. The Morgan fingerprint density at radius 3 is 2.88 bits per heavy atom. The molecule has 0 aromatic rings. The lowest BCUT2D eigenvalue weighted by Crippen LogP contribution is -2.48. The minimum Gasteiger partial charge on any atom is -0.343 e. The predicted molar refractivity (Wildman–Crippen MR) is 73.4 cm³/mol. The van der Waals surface area contributed by atoms with E-state index in [0.717, 1.165) is 25.3 Å². The zero-order chi connectivity index (χ0) is 12.3. The molecule has 0 spiro atoms. The van der Waals surface area contributed by atoms with Crippen LogP contribution < -0.4 is 5.32 Å². The quantitative estimate of drug-likeness (QED) is 0.837. The second-order valence-corrected chi connectivity index (χ2v) is 7.11. The lowest BCUT2D eigenvalue weighted by molar-refractivity contribution is -0.132. The van der Waals surface area contributed by atoms with Crippen LogP contribution in [0.25, 0.3) is 0 Å². The first kappa shape index (κ1) is 13.2. The van der Waals surface area contributed by atoms with Gasteiger partial charge in [-0.1, -0.05) is 6.42 Å². The molecule has 4 heteroatoms. The number of carbonyl (C=O) groups excluding carboxylic acids is 1. The summed E-state index contributed by atoms with van der Waals surface area (Å²) < 4.78 is -0.149. The number of amides is 1. The molecule has 1 amide bonds. The predicted octanol–water partition coefficient (Wildman–Crippen LogP) is 1.87. The third kappa shape index (κ3) is 3.16. The lowest BCUT2D eigenvalue weighted by atomic mass is 10.0. The van der Waals surface area contributed by atoms with Crippen LogP contribution in [0.1, 0.15) is 39.0 Å². The van der Waals surface area contributed by atoms with Crippen molar-refractivity contribution in [2.45, 2.75) is 49.8 Å². The van der Waals surface area contributed by atoms with Crippen molar-refractivity contribution in [1.82, 2.24) is 10.2 Å². The highest BCUT2D eigenvalue weighted by Crippen LogP contribution is 2.39. The van der Waals surface area contributed by atoms with E-state index in [1.165, 1.54) is 25.7 Å². The topological polar surface area (TPSA) is 32.3 Å². The van der Waals surface area contributed by atoms with E-state index in [-0.39, 0.29) is 4.75 Å². The minimum absolute atomic E-state index is 0.149. The molecule has 2 atom stereocenters. The van der Waals surface area contributed by atoms with E-state index < -0.39 is 0 Å². The Hall–Kier alpha value is -0.220. The number of likely N-dealkylation sites (N-methyl/N-ethyl adjacent to an activating group) is 1. The first-order chi connectivity index (χ1) is 8.12. The van der Waals surface area contributed by atoms with Gasteiger partial charge in [-0.3, -0.25) is 4.79 Å². The summed E-state index contributed by atoms with van der Waals surface area (Å²) in [5.74, 6) is 1.46. The zero-order valence-corrected chi connectivity index (χ0v) is 11.8. The SMILES string of the molecule is CN(CC1CCCCN1)C(=O)C1(C)CCCS1. The van der Waals surface area contributed by atoms with E-state index in [0.29, 0.717) is 11.9 Å². The van der Waals surface area contributed by atoms with E-state index >= 15 is 0 Å². The summed E-state index contributed by atoms with van der Waals surface area (Å²) in [5.41, 5.74) is 0. The summed E-state index contributed by atoms with van der Waals surface area (Å²) in [6, 6.07) is 0.507. The van der Waals surface area contributed by atoms with E-state index in [1.807, 2.05) is 23.7 Å². The maximum absolute atomic E-state index is 12.4. The maximum Gasteiger partial charge on any atom is 0.238 e. The molecule has 2 saturated heterocycles. The van der Waals surface area contributed by atoms with Crippen LogP contribution in [0.2, 0.25) is 0 Å². The first-order valence-corrected chi connectivity index (χ1v) is 7.73. The molecule has 2 unspecified atom stereocenters. The number of thioether (sulfide) groups is 1. The average Bonchev–Trinajstić information content (AvgIpc) is 2.78. The van der Waals surface area contributed by atoms with E-state index in [9.17, 15) is 4.79 Å². The number of nitrogens with one attached hydrogen (secondary N) is 1. The molecule has 2 aliphatic heterocycles. The molecular weight excluding hydrogens is 232 g/mol. The fourth-order valence-corrected chi connectivity index (χ4v) is 4.15. The van der Waals surface area contributed by atoms with E-state index in [1.54, 1.807) is 0 Å². The number of hydrogen-bond acceptors (Lipinski definition) is 3. The van der Waals surface area contributed by atoms with Crippen LogP contribution >= 0.6 is 11.8 Å². The fourth-order valence-electron chi connectivity index (χ4n) is 2.84. The molecule has 2 rings (SSSR count). The Labute approximate surface area is 109 Å². The summed E-state index contributed by atoms with van der Waals surface area (Å²) in [4.78, 5) is 14.4. The van der Waals surface area contributed by atoms with Crippen molar-refractivity contribution in [3.05, 3.63) is 0 Å². The van der Waals surface area contributed by atoms with Crippen molar-refractivity contribution in [2.24, 2.45) is 0 Å². The molecule has 0 radical (unpaired) electrons. The van der Waals surface area contributed by atoms with Gasteiger partial charge in [0.05, 0.1) is 4.75 Å². The molecule has 0 aromatic carbocycles. The number of carbonyl (C=O) groups is 1. The fraction of sp³-hybridized carbons (Fsp3) is 0.923. The van der Waals surface area contributed by atoms with Gasteiger partial charge in [-0.05, 0) is 44.9 Å². The zero-order valence-electron chi connectivity index (χ0n) is 11.0. The Morgan fingerprint density at radius 1 is 1.47 bits per heavy atom. The Morgan fingerprint density at radius 2 is 2.29 bits per heavy atom. The van der Waals surface area contributed by atoms with Crippen LogP contribution in [0.5, 0.6) is 0 Å². The van der Waals surface area contributed by atoms with Gasteiger partial charge in [-0.15, -0.1) is 11.8 Å². The van der Waals surface area contributed by atoms with Gasteiger partial charge in [0.2, 0.25) is 5.91 Å². The number of rotatable bonds is 3. The van der Waals surface area contributed by atoms with Crippen molar-refractivity contribution < 1.29 is 4.79 Å². The highest BCUT2D eigenvalue weighted by Gasteiger charge is 2.39. The molecule has 1 N–H and O–H groups in total. The highest BCUT2D eigenvalue weighted by atomic mass is 32.2. The van der Waals surface area contributed by atoms with Crippen LogP contribution in [0.3, 0.4) is 0 Å². The Balaban J connectivity index is 1.85. The largest absolute Gasteiger partial charge is 0.343 e. The Bertz CT molecular complexity index is 271. The third-order valence-electron chi connectivity index (χ3n) is 3.92. The summed E-state index contributed by atoms with van der Waals surface area (Å²) in [7, 11) is 1.96. The average molecular weight is 256 g/mol. The van der Waals surface area contributed by atoms with Crippen molar-refractivity contribution in [2.75, 3.05) is 25.9 Å². The molecule has 3 nitrogen and oxygen atoms in total. The van der Waals surface area contributed by atoms with Gasteiger partial charge < -0.3 is 10.2 Å². The van der Waals surface area contributed by atoms with Crippen molar-refractivity contribution in [3.63, 3.8) is 0 Å². The van der Waals surface area contributed by atoms with Gasteiger partial charge >= 0.3 is 0 Å². The number of hydrogen-bond donors (Lipinski definition) is 1. The lowest BCUT2D eigenvalue weighted by Gasteiger charge is -2.32. The van der Waals surface area contributed by atoms with Gasteiger partial charge in [0.1, 0.15) is 0 Å². The second-order valence-electron chi connectivity index (χ2n) is 5.52. The number of piperidine rings is 1. The molecule has 0 saturated carbocycles. The van der Waals surface area contributed by atoms with Crippen molar-refractivity contribution in [3.8, 4) is 0 Å². The van der Waals surface area contributed by atoms with Crippen molar-refractivity contribution in [1.29, 1.82) is 0 Å². The molecular formula is C13H24N2OS. The molecule has 17 heavy (non-hydrogen) atoms. The molecule has 2 aliphatic rings. The van der Waals surface area contributed by atoms with Crippen LogP contribution in [0.15, 0.2) is 0 Å². The molecule has 0 bridgehead atoms. The van der Waals surface area contributed by atoms with Gasteiger partial charge in [-0.25, -0.2) is 0 Å². The normalized spacial score (nSPS) is 33.6. The molecule has 2 heterocycles. The molecule has 2 fully saturated rings. The van der Waals surface area contributed by atoms with E-state index in [4.69, 9.17) is 0 Å². The van der Waals surface area contributed by atoms with Gasteiger partial charge in [0.25, 0.3) is 0 Å². The van der Waals surface area contributed by atoms with Gasteiger partial charge in [0.15, 0.2) is 0 Å². The Kier molecular flexibility index (Phi) is 4.36. The third-order valence-corrected chi connectivity index (χ3v) is 5.43. The summed E-state index contributed by atoms with van der Waals surface area (Å²) >= 11 is 1.83. The maximum atomic E-state index is 12.4. The summed E-state index contributed by atoms with van der Waals surface area (Å²) in [5, 5.41) is 3.51. The second kappa shape index (κ2) is 5.61. The molecule has 98 valence electrons. The van der Waals surface area contributed by atoms with Gasteiger partial charge in [-0.2, -0.15) is 0 Å². The highest BCUT2D eigenvalue weighted by molar-refractivity contribution is 8.01. The molecule has 0 aliphatic carbocycles. The van der Waals surface area contributed by atoms with Crippen LogP contribution in [-0.4, -0.2) is 47.5 Å². The standard InChI is InChI=1S/C13H24N2OS/c1-13(7-5-9-17-13)12(16)15(2)10-11-6-3-4-8-14-11/h11,14H,3-10H2,1-2H3. The summed E-state index contributed by atoms with van der Waals surface area (Å²) in [6.45, 7) is 4.09.